The quantitative estimate of drug-likeness (QED) is 0.785. The molecule has 1 aliphatic heterocycles. The van der Waals surface area contributed by atoms with Gasteiger partial charge < -0.3 is 5.11 Å². The zero-order valence-corrected chi connectivity index (χ0v) is 14.2. The molecule has 1 aliphatic rings. The summed E-state index contributed by atoms with van der Waals surface area (Å²) in [6.07, 6.45) is 10.0. The molecule has 0 bridgehead atoms. The number of aromatic nitrogens is 2. The number of carboxylic acid groups (broad SMARTS) is 1. The molecular formula is C18H27N3O2. The van der Waals surface area contributed by atoms with E-state index >= 15 is 0 Å². The van der Waals surface area contributed by atoms with Crippen LogP contribution in [0.25, 0.3) is 0 Å². The fourth-order valence-electron chi connectivity index (χ4n) is 3.17. The van der Waals surface area contributed by atoms with Crippen LogP contribution in [-0.4, -0.2) is 38.8 Å². The zero-order valence-electron chi connectivity index (χ0n) is 14.2. The summed E-state index contributed by atoms with van der Waals surface area (Å²) < 4.78 is 1.85. The number of hydrogen-bond acceptors (Lipinski definition) is 3. The first-order valence-electron chi connectivity index (χ1n) is 8.16. The van der Waals surface area contributed by atoms with E-state index < -0.39 is 11.4 Å². The Balaban J connectivity index is 2.06. The molecule has 5 heteroatoms. The number of piperidine rings is 1. The van der Waals surface area contributed by atoms with Gasteiger partial charge >= 0.3 is 5.97 Å². The Morgan fingerprint density at radius 2 is 2.30 bits per heavy atom. The number of rotatable bonds is 7. The van der Waals surface area contributed by atoms with Gasteiger partial charge in [0.25, 0.3) is 0 Å². The molecular weight excluding hydrogens is 290 g/mol. The third kappa shape index (κ3) is 4.55. The number of carboxylic acids is 1. The van der Waals surface area contributed by atoms with Gasteiger partial charge in [-0.05, 0) is 39.7 Å². The first-order valence-corrected chi connectivity index (χ1v) is 8.16. The van der Waals surface area contributed by atoms with Gasteiger partial charge in [0, 0.05) is 24.8 Å². The van der Waals surface area contributed by atoms with E-state index in [1.807, 2.05) is 37.0 Å². The molecule has 1 aromatic rings. The number of likely N-dealkylation sites (tertiary alicyclic amines) is 1. The second-order valence-electron chi connectivity index (χ2n) is 6.74. The predicted octanol–water partition coefficient (Wildman–Crippen LogP) is 3.09. The predicted molar refractivity (Wildman–Crippen MR) is 91.1 cm³/mol. The van der Waals surface area contributed by atoms with Crippen molar-refractivity contribution in [2.75, 3.05) is 13.1 Å². The summed E-state index contributed by atoms with van der Waals surface area (Å²) in [6, 6.07) is 0. The fraction of sp³-hybridized carbons (Fsp3) is 0.556. The Kier molecular flexibility index (Phi) is 5.77. The molecule has 1 aromatic heterocycles. The molecule has 23 heavy (non-hydrogen) atoms. The summed E-state index contributed by atoms with van der Waals surface area (Å²) in [7, 11) is 0. The van der Waals surface area contributed by atoms with Crippen LogP contribution in [0.3, 0.4) is 0 Å². The van der Waals surface area contributed by atoms with Gasteiger partial charge in [-0.3, -0.25) is 14.4 Å². The second-order valence-corrected chi connectivity index (χ2v) is 6.74. The van der Waals surface area contributed by atoms with Crippen molar-refractivity contribution in [3.8, 4) is 0 Å². The number of aliphatic carboxylic acids is 1. The first kappa shape index (κ1) is 17.5. The van der Waals surface area contributed by atoms with Crippen molar-refractivity contribution in [2.45, 2.75) is 46.2 Å². The maximum absolute atomic E-state index is 11.9. The van der Waals surface area contributed by atoms with Gasteiger partial charge in [-0.2, -0.15) is 5.10 Å². The summed E-state index contributed by atoms with van der Waals surface area (Å²) in [5.41, 5.74) is 1.64. The maximum atomic E-state index is 11.9. The van der Waals surface area contributed by atoms with Crippen LogP contribution in [0.4, 0.5) is 0 Å². The Labute approximate surface area is 138 Å². The van der Waals surface area contributed by atoms with Crippen molar-refractivity contribution in [1.29, 1.82) is 0 Å². The molecule has 126 valence electrons. The molecule has 0 aromatic carbocycles. The minimum absolute atomic E-state index is 0.596. The van der Waals surface area contributed by atoms with Crippen molar-refractivity contribution in [2.24, 2.45) is 5.41 Å². The molecule has 0 saturated carbocycles. The highest BCUT2D eigenvalue weighted by Crippen LogP contribution is 2.35. The largest absolute Gasteiger partial charge is 0.481 e. The molecule has 2 rings (SSSR count). The molecule has 0 aliphatic carbocycles. The summed E-state index contributed by atoms with van der Waals surface area (Å²) in [5.74, 6) is -0.679. The summed E-state index contributed by atoms with van der Waals surface area (Å²) in [5, 5.41) is 14.1. The topological polar surface area (TPSA) is 58.4 Å². The molecule has 0 unspecified atom stereocenters. The van der Waals surface area contributed by atoms with Crippen LogP contribution in [0.15, 0.2) is 36.7 Å². The zero-order chi connectivity index (χ0) is 16.9. The van der Waals surface area contributed by atoms with Crippen LogP contribution in [0, 0.1) is 5.41 Å². The molecule has 5 nitrogen and oxygen atoms in total. The SMILES string of the molecule is C=CCn1cc(CN2CCC[C@](CC=C(C)C)(C(=O)O)C2)cn1. The highest BCUT2D eigenvalue weighted by molar-refractivity contribution is 5.75. The normalized spacial score (nSPS) is 21.8. The third-order valence-corrected chi connectivity index (χ3v) is 4.42. The average Bonchev–Trinajstić information content (AvgIpc) is 2.93. The molecule has 1 fully saturated rings. The van der Waals surface area contributed by atoms with Crippen LogP contribution >= 0.6 is 0 Å². The van der Waals surface area contributed by atoms with Gasteiger partial charge in [-0.15, -0.1) is 6.58 Å². The lowest BCUT2D eigenvalue weighted by Gasteiger charge is -2.39. The smallest absolute Gasteiger partial charge is 0.311 e. The van der Waals surface area contributed by atoms with E-state index in [2.05, 4.69) is 22.7 Å². The number of nitrogens with zero attached hydrogens (tertiary/aromatic N) is 3. The average molecular weight is 317 g/mol. The molecule has 1 atom stereocenters. The third-order valence-electron chi connectivity index (χ3n) is 4.42. The molecule has 2 heterocycles. The Bertz CT molecular complexity index is 587. The van der Waals surface area contributed by atoms with Crippen LogP contribution in [-0.2, 0) is 17.9 Å². The Morgan fingerprint density at radius 1 is 1.52 bits per heavy atom. The number of allylic oxidation sites excluding steroid dienone is 3. The van der Waals surface area contributed by atoms with Crippen molar-refractivity contribution in [1.82, 2.24) is 14.7 Å². The fourth-order valence-corrected chi connectivity index (χ4v) is 3.17. The summed E-state index contributed by atoms with van der Waals surface area (Å²) in [6.45, 7) is 10.7. The van der Waals surface area contributed by atoms with Gasteiger partial charge in [0.05, 0.1) is 18.2 Å². The Morgan fingerprint density at radius 3 is 2.96 bits per heavy atom. The number of hydrogen-bond donors (Lipinski definition) is 1. The molecule has 0 radical (unpaired) electrons. The van der Waals surface area contributed by atoms with Gasteiger partial charge in [-0.25, -0.2) is 0 Å². The minimum Gasteiger partial charge on any atom is -0.481 e. The van der Waals surface area contributed by atoms with Crippen LogP contribution in [0.1, 0.15) is 38.7 Å². The van der Waals surface area contributed by atoms with Gasteiger partial charge in [0.15, 0.2) is 0 Å². The monoisotopic (exact) mass is 317 g/mol. The minimum atomic E-state index is -0.679. The number of carbonyl (C=O) groups is 1. The lowest BCUT2D eigenvalue weighted by molar-refractivity contribution is -0.152. The van der Waals surface area contributed by atoms with E-state index in [1.165, 1.54) is 5.57 Å². The van der Waals surface area contributed by atoms with E-state index in [-0.39, 0.29) is 0 Å². The van der Waals surface area contributed by atoms with Crippen molar-refractivity contribution in [3.05, 3.63) is 42.3 Å². The van der Waals surface area contributed by atoms with Crippen LogP contribution in [0.5, 0.6) is 0 Å². The van der Waals surface area contributed by atoms with E-state index in [4.69, 9.17) is 0 Å². The van der Waals surface area contributed by atoms with Gasteiger partial charge in [0.1, 0.15) is 0 Å². The highest BCUT2D eigenvalue weighted by Gasteiger charge is 2.41. The van der Waals surface area contributed by atoms with E-state index in [9.17, 15) is 9.90 Å². The van der Waals surface area contributed by atoms with Crippen molar-refractivity contribution in [3.63, 3.8) is 0 Å². The van der Waals surface area contributed by atoms with Crippen molar-refractivity contribution >= 4 is 5.97 Å². The van der Waals surface area contributed by atoms with Gasteiger partial charge in [0.2, 0.25) is 0 Å². The van der Waals surface area contributed by atoms with Crippen LogP contribution < -0.4 is 0 Å². The summed E-state index contributed by atoms with van der Waals surface area (Å²) >= 11 is 0. The lowest BCUT2D eigenvalue weighted by atomic mass is 9.76. The van der Waals surface area contributed by atoms with Crippen molar-refractivity contribution < 1.29 is 9.90 Å². The second kappa shape index (κ2) is 7.59. The van der Waals surface area contributed by atoms with E-state index in [0.29, 0.717) is 19.5 Å². The van der Waals surface area contributed by atoms with E-state index in [0.717, 1.165) is 31.5 Å². The maximum Gasteiger partial charge on any atom is 0.311 e. The Hall–Kier alpha value is -1.88. The van der Waals surface area contributed by atoms with Gasteiger partial charge in [-0.1, -0.05) is 17.7 Å². The molecule has 1 N–H and O–H groups in total. The molecule has 0 amide bonds. The highest BCUT2D eigenvalue weighted by atomic mass is 16.4. The lowest BCUT2D eigenvalue weighted by Crippen LogP contribution is -2.47. The van der Waals surface area contributed by atoms with E-state index in [1.54, 1.807) is 0 Å². The standard InChI is InChI=1S/C18H27N3O2/c1-4-9-21-13-16(11-19-21)12-20-10-5-7-18(14-20,17(22)23)8-6-15(2)3/h4,6,11,13H,1,5,7-10,12,14H2,2-3H3,(H,22,23)/t18-/m1/s1. The van der Waals surface area contributed by atoms with Crippen LogP contribution in [0.2, 0.25) is 0 Å². The first-order chi connectivity index (χ1) is 10.9. The molecule has 1 saturated heterocycles. The summed E-state index contributed by atoms with van der Waals surface area (Å²) in [4.78, 5) is 14.1. The molecule has 0 spiro atoms.